The van der Waals surface area contributed by atoms with E-state index in [9.17, 15) is 24.2 Å². The van der Waals surface area contributed by atoms with Crippen molar-refractivity contribution in [1.29, 1.82) is 0 Å². The summed E-state index contributed by atoms with van der Waals surface area (Å²) < 4.78 is 13.4. The monoisotopic (exact) mass is 473 g/mol. The maximum atomic E-state index is 13.4. The third kappa shape index (κ3) is 4.69. The van der Waals surface area contributed by atoms with Crippen LogP contribution in [-0.2, 0) is 21.5 Å². The van der Waals surface area contributed by atoms with Crippen LogP contribution in [0.5, 0.6) is 5.75 Å². The minimum atomic E-state index is -0.877. The van der Waals surface area contributed by atoms with E-state index in [0.29, 0.717) is 16.7 Å². The van der Waals surface area contributed by atoms with Crippen LogP contribution >= 0.6 is 0 Å². The van der Waals surface area contributed by atoms with Crippen molar-refractivity contribution in [3.63, 3.8) is 0 Å². The van der Waals surface area contributed by atoms with E-state index >= 15 is 0 Å². The van der Waals surface area contributed by atoms with Crippen molar-refractivity contribution in [2.45, 2.75) is 45.7 Å². The number of aryl methyl sites for hydroxylation is 1. The number of carbonyl (C=O) groups is 2. The molecule has 1 unspecified atom stereocenters. The first-order valence-electron chi connectivity index (χ1n) is 11.4. The summed E-state index contributed by atoms with van der Waals surface area (Å²) in [5.41, 5.74) is 3.24. The Balaban J connectivity index is 1.89. The number of likely N-dealkylation sites (tertiary alicyclic amines) is 1. The lowest BCUT2D eigenvalue weighted by Gasteiger charge is -2.26. The van der Waals surface area contributed by atoms with Gasteiger partial charge in [-0.15, -0.1) is 0 Å². The molecule has 5 nitrogen and oxygen atoms in total. The summed E-state index contributed by atoms with van der Waals surface area (Å²) in [7, 11) is 0. The fraction of sp³-hybridized carbons (Fsp3) is 0.241. The Labute approximate surface area is 204 Å². The van der Waals surface area contributed by atoms with Gasteiger partial charge in [-0.2, -0.15) is 0 Å². The van der Waals surface area contributed by atoms with Crippen molar-refractivity contribution >= 4 is 17.4 Å². The number of hydrogen-bond donors (Lipinski definition) is 2. The number of amides is 1. The van der Waals surface area contributed by atoms with Gasteiger partial charge in [0.05, 0.1) is 11.6 Å². The van der Waals surface area contributed by atoms with E-state index in [1.54, 1.807) is 24.3 Å². The average molecular weight is 474 g/mol. The van der Waals surface area contributed by atoms with Gasteiger partial charge in [0.1, 0.15) is 17.3 Å². The van der Waals surface area contributed by atoms with Gasteiger partial charge < -0.3 is 15.1 Å². The second kappa shape index (κ2) is 9.02. The van der Waals surface area contributed by atoms with Gasteiger partial charge in [-0.25, -0.2) is 4.39 Å². The van der Waals surface area contributed by atoms with Crippen LogP contribution in [-0.4, -0.2) is 26.8 Å². The molecule has 6 heteroatoms. The minimum absolute atomic E-state index is 0.0167. The molecule has 2 N–H and O–H groups in total. The molecule has 1 aliphatic heterocycles. The van der Waals surface area contributed by atoms with E-state index in [2.05, 4.69) is 20.8 Å². The van der Waals surface area contributed by atoms with Crippen molar-refractivity contribution in [3.8, 4) is 5.75 Å². The molecular formula is C29H28FNO4. The number of benzene rings is 3. The van der Waals surface area contributed by atoms with Crippen LogP contribution in [0.15, 0.2) is 72.3 Å². The minimum Gasteiger partial charge on any atom is -0.508 e. The quantitative estimate of drug-likeness (QED) is 0.287. The maximum Gasteiger partial charge on any atom is 0.295 e. The third-order valence-electron chi connectivity index (χ3n) is 6.37. The molecule has 180 valence electrons. The van der Waals surface area contributed by atoms with E-state index in [-0.39, 0.29) is 29.0 Å². The van der Waals surface area contributed by atoms with Gasteiger partial charge in [-0.3, -0.25) is 9.59 Å². The molecule has 35 heavy (non-hydrogen) atoms. The normalized spacial score (nSPS) is 17.7. The number of hydrogen-bond acceptors (Lipinski definition) is 4. The summed E-state index contributed by atoms with van der Waals surface area (Å²) in [6.45, 7) is 8.05. The van der Waals surface area contributed by atoms with Crippen LogP contribution in [0.2, 0.25) is 0 Å². The Bertz CT molecular complexity index is 1320. The van der Waals surface area contributed by atoms with Crippen molar-refractivity contribution in [1.82, 2.24) is 4.90 Å². The number of aliphatic hydroxyl groups is 1. The summed E-state index contributed by atoms with van der Waals surface area (Å²) in [6.07, 6.45) is 0. The largest absolute Gasteiger partial charge is 0.508 e. The van der Waals surface area contributed by atoms with Gasteiger partial charge in [-0.1, -0.05) is 57.2 Å². The molecular weight excluding hydrogens is 445 g/mol. The predicted octanol–water partition coefficient (Wildman–Crippen LogP) is 5.76. The molecule has 1 amide bonds. The Morgan fingerprint density at radius 1 is 0.971 bits per heavy atom. The lowest BCUT2D eigenvalue weighted by molar-refractivity contribution is -0.140. The van der Waals surface area contributed by atoms with Gasteiger partial charge in [0.2, 0.25) is 0 Å². The molecule has 3 aromatic rings. The Kier molecular flexibility index (Phi) is 6.24. The number of Topliss-reactive ketones (excluding diaryl/α,β-unsaturated/α-hetero) is 1. The number of nitrogens with zero attached hydrogens (tertiary/aromatic N) is 1. The van der Waals surface area contributed by atoms with Gasteiger partial charge in [0.25, 0.3) is 11.7 Å². The van der Waals surface area contributed by atoms with Crippen molar-refractivity contribution in [2.24, 2.45) is 0 Å². The fourth-order valence-corrected chi connectivity index (χ4v) is 4.32. The summed E-state index contributed by atoms with van der Waals surface area (Å²) in [4.78, 5) is 27.9. The zero-order valence-corrected chi connectivity index (χ0v) is 20.2. The van der Waals surface area contributed by atoms with E-state index in [1.807, 2.05) is 25.1 Å². The first kappa shape index (κ1) is 24.2. The smallest absolute Gasteiger partial charge is 0.295 e. The summed E-state index contributed by atoms with van der Waals surface area (Å²) in [5.74, 6) is -2.15. The van der Waals surface area contributed by atoms with E-state index < -0.39 is 23.5 Å². The number of carbonyl (C=O) groups excluding carboxylic acids is 2. The molecule has 1 fully saturated rings. The Morgan fingerprint density at radius 3 is 2.20 bits per heavy atom. The van der Waals surface area contributed by atoms with E-state index in [4.69, 9.17) is 0 Å². The maximum absolute atomic E-state index is 13.4. The van der Waals surface area contributed by atoms with Crippen LogP contribution in [0.4, 0.5) is 4.39 Å². The fourth-order valence-electron chi connectivity index (χ4n) is 4.32. The number of phenols is 1. The molecule has 0 aromatic heterocycles. The second-order valence-electron chi connectivity index (χ2n) is 9.92. The van der Waals surface area contributed by atoms with Gasteiger partial charge in [-0.05, 0) is 64.9 Å². The molecule has 0 aliphatic carbocycles. The van der Waals surface area contributed by atoms with Crippen molar-refractivity contribution in [2.75, 3.05) is 0 Å². The summed E-state index contributed by atoms with van der Waals surface area (Å²) in [5, 5.41) is 21.2. The molecule has 1 saturated heterocycles. The van der Waals surface area contributed by atoms with Gasteiger partial charge in [0, 0.05) is 12.1 Å². The number of rotatable bonds is 4. The molecule has 0 bridgehead atoms. The first-order chi connectivity index (χ1) is 16.5. The molecule has 1 aliphatic rings. The average Bonchev–Trinajstić information content (AvgIpc) is 3.05. The molecule has 0 saturated carbocycles. The first-order valence-corrected chi connectivity index (χ1v) is 11.4. The lowest BCUT2D eigenvalue weighted by Crippen LogP contribution is -2.29. The number of aromatic hydroxyl groups is 1. The molecule has 3 aromatic carbocycles. The zero-order chi connectivity index (χ0) is 25.5. The standard InChI is InChI=1S/C29H28FNO4/c1-17-5-10-20(29(2,3)4)15-23(17)26(33)24-25(19-8-13-22(32)14-9-19)31(28(35)27(24)34)16-18-6-11-21(30)12-7-18/h5-15,25,32-33H,16H2,1-4H3/b26-24+. The highest BCUT2D eigenvalue weighted by atomic mass is 19.1. The molecule has 1 heterocycles. The Hall–Kier alpha value is -3.93. The van der Waals surface area contributed by atoms with Crippen LogP contribution in [0.25, 0.3) is 5.76 Å². The van der Waals surface area contributed by atoms with Crippen LogP contribution in [0.1, 0.15) is 54.6 Å². The number of ketones is 1. The molecule has 4 rings (SSSR count). The van der Waals surface area contributed by atoms with E-state index in [1.165, 1.54) is 29.2 Å². The number of halogens is 1. The molecule has 1 atom stereocenters. The number of phenolic OH excluding ortho intramolecular Hbond substituents is 1. The van der Waals surface area contributed by atoms with Crippen LogP contribution in [0.3, 0.4) is 0 Å². The topological polar surface area (TPSA) is 77.8 Å². The van der Waals surface area contributed by atoms with Crippen LogP contribution < -0.4 is 0 Å². The lowest BCUT2D eigenvalue weighted by atomic mass is 9.84. The highest BCUT2D eigenvalue weighted by Crippen LogP contribution is 2.41. The SMILES string of the molecule is Cc1ccc(C(C)(C)C)cc1/C(O)=C1\C(=O)C(=O)N(Cc2ccc(F)cc2)C1c1ccc(O)cc1. The third-order valence-corrected chi connectivity index (χ3v) is 6.37. The Morgan fingerprint density at radius 2 is 1.60 bits per heavy atom. The second-order valence-corrected chi connectivity index (χ2v) is 9.92. The van der Waals surface area contributed by atoms with Crippen LogP contribution in [0, 0.1) is 12.7 Å². The van der Waals surface area contributed by atoms with Gasteiger partial charge >= 0.3 is 0 Å². The highest BCUT2D eigenvalue weighted by Gasteiger charge is 2.46. The van der Waals surface area contributed by atoms with Crippen molar-refractivity contribution < 1.29 is 24.2 Å². The predicted molar refractivity (Wildman–Crippen MR) is 132 cm³/mol. The zero-order valence-electron chi connectivity index (χ0n) is 20.2. The van der Waals surface area contributed by atoms with Gasteiger partial charge in [0.15, 0.2) is 0 Å². The van der Waals surface area contributed by atoms with E-state index in [0.717, 1.165) is 11.1 Å². The highest BCUT2D eigenvalue weighted by molar-refractivity contribution is 6.46. The summed E-state index contributed by atoms with van der Waals surface area (Å²) >= 11 is 0. The number of aliphatic hydroxyl groups excluding tert-OH is 1. The molecule has 0 spiro atoms. The van der Waals surface area contributed by atoms with Crippen molar-refractivity contribution in [3.05, 3.63) is 106 Å². The summed E-state index contributed by atoms with van der Waals surface area (Å²) in [6, 6.07) is 16.7. The molecule has 0 radical (unpaired) electrons.